The van der Waals surface area contributed by atoms with E-state index in [0.717, 1.165) is 10.1 Å². The van der Waals surface area contributed by atoms with Crippen molar-refractivity contribution >= 4 is 22.6 Å². The van der Waals surface area contributed by atoms with Crippen molar-refractivity contribution in [2.45, 2.75) is 27.3 Å². The lowest BCUT2D eigenvalue weighted by Gasteiger charge is -2.15. The van der Waals surface area contributed by atoms with Crippen LogP contribution in [-0.4, -0.2) is 20.0 Å². The molecule has 156 valence electrons. The van der Waals surface area contributed by atoms with E-state index in [0.29, 0.717) is 28.0 Å². The van der Waals surface area contributed by atoms with Crippen molar-refractivity contribution in [1.29, 1.82) is 0 Å². The van der Waals surface area contributed by atoms with Crippen LogP contribution in [-0.2, 0) is 11.3 Å². The normalized spacial score (nSPS) is 10.9. The third kappa shape index (κ3) is 3.90. The maximum atomic E-state index is 13.4. The third-order valence-corrected chi connectivity index (χ3v) is 5.04. The number of nitrogens with zero attached hydrogens (tertiary/aromatic N) is 3. The number of aromatic nitrogens is 3. The van der Waals surface area contributed by atoms with Crippen molar-refractivity contribution in [2.75, 3.05) is 5.32 Å². The first kappa shape index (κ1) is 20.3. The van der Waals surface area contributed by atoms with Crippen molar-refractivity contribution in [3.05, 3.63) is 98.3 Å². The van der Waals surface area contributed by atoms with Gasteiger partial charge in [-0.25, -0.2) is 18.9 Å². The highest BCUT2D eigenvalue weighted by Crippen LogP contribution is 2.16. The molecule has 1 N–H and O–H groups in total. The number of amides is 1. The Hall–Kier alpha value is -4.00. The number of hydrogen-bond acceptors (Lipinski definition) is 4. The number of nitrogens with one attached hydrogen (secondary N) is 1. The maximum absolute atomic E-state index is 13.4. The highest BCUT2D eigenvalue weighted by Gasteiger charge is 2.19. The van der Waals surface area contributed by atoms with Crippen LogP contribution < -0.4 is 16.6 Å². The van der Waals surface area contributed by atoms with Crippen LogP contribution in [0.15, 0.2) is 70.3 Å². The second-order valence-corrected chi connectivity index (χ2v) is 7.54. The molecule has 7 heteroatoms. The quantitative estimate of drug-likeness (QED) is 0.556. The number of carbonyl (C=O) groups is 1. The summed E-state index contributed by atoms with van der Waals surface area (Å²) < 4.78 is 2.35. The minimum absolute atomic E-state index is 0.286. The van der Waals surface area contributed by atoms with Gasteiger partial charge in [0.2, 0.25) is 5.91 Å². The molecule has 0 aliphatic carbocycles. The highest BCUT2D eigenvalue weighted by molar-refractivity contribution is 5.91. The molecule has 0 atom stereocenters. The summed E-state index contributed by atoms with van der Waals surface area (Å²) >= 11 is 0. The van der Waals surface area contributed by atoms with Gasteiger partial charge in [0.15, 0.2) is 5.65 Å². The molecular weight excluding hydrogens is 392 g/mol. The molecule has 7 nitrogen and oxygen atoms in total. The lowest BCUT2D eigenvalue weighted by atomic mass is 10.1. The van der Waals surface area contributed by atoms with Crippen LogP contribution in [0.25, 0.3) is 16.7 Å². The number of hydrogen-bond donors (Lipinski definition) is 1. The molecule has 0 bridgehead atoms. The predicted molar refractivity (Wildman–Crippen MR) is 121 cm³/mol. The van der Waals surface area contributed by atoms with E-state index < -0.39 is 23.7 Å². The number of rotatable bonds is 4. The maximum Gasteiger partial charge on any atom is 0.337 e. The molecule has 4 rings (SSSR count). The molecule has 1 amide bonds. The van der Waals surface area contributed by atoms with E-state index in [1.54, 1.807) is 43.3 Å². The van der Waals surface area contributed by atoms with Crippen molar-refractivity contribution in [3.8, 4) is 5.69 Å². The second kappa shape index (κ2) is 8.02. The Balaban J connectivity index is 1.89. The zero-order chi connectivity index (χ0) is 22.1. The fourth-order valence-electron chi connectivity index (χ4n) is 3.69. The largest absolute Gasteiger partial charge is 0.337 e. The van der Waals surface area contributed by atoms with E-state index in [-0.39, 0.29) is 5.65 Å². The van der Waals surface area contributed by atoms with E-state index >= 15 is 0 Å². The van der Waals surface area contributed by atoms with Crippen LogP contribution >= 0.6 is 0 Å². The van der Waals surface area contributed by atoms with Crippen LogP contribution in [0.3, 0.4) is 0 Å². The molecule has 2 heterocycles. The van der Waals surface area contributed by atoms with Gasteiger partial charge < -0.3 is 5.32 Å². The van der Waals surface area contributed by atoms with E-state index in [4.69, 9.17) is 0 Å². The summed E-state index contributed by atoms with van der Waals surface area (Å²) in [5, 5.41) is 3.07. The molecule has 0 unspecified atom stereocenters. The van der Waals surface area contributed by atoms with Gasteiger partial charge in [0.05, 0.1) is 11.1 Å². The summed E-state index contributed by atoms with van der Waals surface area (Å²) in [6.07, 6.45) is 0. The highest BCUT2D eigenvalue weighted by atomic mass is 16.2. The zero-order valence-corrected chi connectivity index (χ0v) is 17.5. The van der Waals surface area contributed by atoms with Gasteiger partial charge in [-0.3, -0.25) is 9.59 Å². The zero-order valence-electron chi connectivity index (χ0n) is 17.5. The first-order chi connectivity index (χ1) is 14.8. The van der Waals surface area contributed by atoms with Crippen LogP contribution in [0.1, 0.15) is 16.8 Å². The minimum atomic E-state index is -0.611. The summed E-state index contributed by atoms with van der Waals surface area (Å²) in [7, 11) is 0. The molecule has 0 aliphatic heterocycles. The molecule has 0 saturated heterocycles. The molecule has 2 aromatic carbocycles. The van der Waals surface area contributed by atoms with Crippen LogP contribution in [0, 0.1) is 20.8 Å². The first-order valence-corrected chi connectivity index (χ1v) is 9.91. The molecule has 4 aromatic rings. The lowest BCUT2D eigenvalue weighted by Crippen LogP contribution is -2.42. The van der Waals surface area contributed by atoms with Gasteiger partial charge in [0.25, 0.3) is 5.56 Å². The minimum Gasteiger partial charge on any atom is -0.325 e. The van der Waals surface area contributed by atoms with Gasteiger partial charge in [-0.1, -0.05) is 30.3 Å². The average Bonchev–Trinajstić information content (AvgIpc) is 2.71. The van der Waals surface area contributed by atoms with Gasteiger partial charge in [0, 0.05) is 11.4 Å². The Morgan fingerprint density at radius 1 is 0.968 bits per heavy atom. The number of aryl methyl sites for hydroxylation is 3. The number of fused-ring (bicyclic) bond motifs is 1. The number of pyridine rings is 1. The first-order valence-electron chi connectivity index (χ1n) is 9.91. The molecule has 0 spiro atoms. The van der Waals surface area contributed by atoms with Gasteiger partial charge in [0.1, 0.15) is 6.54 Å². The Labute approximate surface area is 178 Å². The summed E-state index contributed by atoms with van der Waals surface area (Å²) in [5.41, 5.74) is 2.71. The summed E-state index contributed by atoms with van der Waals surface area (Å²) in [4.78, 5) is 43.8. The van der Waals surface area contributed by atoms with Crippen LogP contribution in [0.2, 0.25) is 0 Å². The predicted octanol–water partition coefficient (Wildman–Crippen LogP) is 3.11. The van der Waals surface area contributed by atoms with Crippen molar-refractivity contribution in [3.63, 3.8) is 0 Å². The summed E-state index contributed by atoms with van der Waals surface area (Å²) in [5.74, 6) is -0.457. The van der Waals surface area contributed by atoms with Gasteiger partial charge in [-0.05, 0) is 62.2 Å². The molecule has 0 radical (unpaired) electrons. The fraction of sp³-hybridized carbons (Fsp3) is 0.167. The van der Waals surface area contributed by atoms with E-state index in [1.807, 2.05) is 38.1 Å². The Morgan fingerprint density at radius 2 is 1.71 bits per heavy atom. The molecule has 0 saturated carbocycles. The molecule has 31 heavy (non-hydrogen) atoms. The van der Waals surface area contributed by atoms with Gasteiger partial charge >= 0.3 is 5.69 Å². The standard InChI is InChI=1S/C24H22N4O3/c1-15-8-7-9-18(12-15)26-20(29)14-27-23(30)21-16(2)13-17(3)25-22(21)28(24(27)31)19-10-5-4-6-11-19/h4-13H,14H2,1-3H3,(H,26,29). The average molecular weight is 414 g/mol. The number of benzene rings is 2. The van der Waals surface area contributed by atoms with E-state index in [1.165, 1.54) is 4.57 Å². The lowest BCUT2D eigenvalue weighted by molar-refractivity contribution is -0.116. The van der Waals surface area contributed by atoms with E-state index in [2.05, 4.69) is 10.3 Å². The third-order valence-electron chi connectivity index (χ3n) is 5.04. The van der Waals surface area contributed by atoms with Crippen LogP contribution in [0.4, 0.5) is 5.69 Å². The Kier molecular flexibility index (Phi) is 5.25. The van der Waals surface area contributed by atoms with Crippen molar-refractivity contribution in [1.82, 2.24) is 14.1 Å². The molecule has 0 aliphatic rings. The summed E-state index contributed by atoms with van der Waals surface area (Å²) in [6, 6.07) is 18.1. The molecule has 0 fully saturated rings. The monoisotopic (exact) mass is 414 g/mol. The summed E-state index contributed by atoms with van der Waals surface area (Å²) in [6.45, 7) is 5.13. The Bertz CT molecular complexity index is 1420. The number of para-hydroxylation sites is 1. The molecular formula is C24H22N4O3. The number of carbonyl (C=O) groups excluding carboxylic acids is 1. The van der Waals surface area contributed by atoms with Crippen LogP contribution in [0.5, 0.6) is 0 Å². The Morgan fingerprint density at radius 3 is 2.42 bits per heavy atom. The van der Waals surface area contributed by atoms with Crippen molar-refractivity contribution in [2.24, 2.45) is 0 Å². The van der Waals surface area contributed by atoms with Gasteiger partial charge in [-0.2, -0.15) is 0 Å². The smallest absolute Gasteiger partial charge is 0.325 e. The SMILES string of the molecule is Cc1cccc(NC(=O)Cn2c(=O)c3c(C)cc(C)nc3n(-c3ccccc3)c2=O)c1. The van der Waals surface area contributed by atoms with Crippen molar-refractivity contribution < 1.29 is 4.79 Å². The van der Waals surface area contributed by atoms with Gasteiger partial charge in [-0.15, -0.1) is 0 Å². The van der Waals surface area contributed by atoms with E-state index in [9.17, 15) is 14.4 Å². The molecule has 2 aromatic heterocycles. The topological polar surface area (TPSA) is 86.0 Å². The number of anilines is 1. The fourth-order valence-corrected chi connectivity index (χ4v) is 3.69. The second-order valence-electron chi connectivity index (χ2n) is 7.54.